The molecule has 0 aliphatic rings. The molecule has 0 aliphatic heterocycles. The fourth-order valence-electron chi connectivity index (χ4n) is 1.42. The van der Waals surface area contributed by atoms with Crippen LogP contribution in [0.4, 0.5) is 0 Å². The van der Waals surface area contributed by atoms with Gasteiger partial charge < -0.3 is 10.0 Å². The Morgan fingerprint density at radius 3 is 2.63 bits per heavy atom. The number of hydrogen-bond donors (Lipinski definition) is 2. The molecule has 2 N–H and O–H groups in total. The van der Waals surface area contributed by atoms with E-state index in [0.717, 1.165) is 0 Å². The molecule has 0 bridgehead atoms. The van der Waals surface area contributed by atoms with Crippen LogP contribution in [0.5, 0.6) is 0 Å². The van der Waals surface area contributed by atoms with Gasteiger partial charge in [0.2, 0.25) is 10.0 Å². The summed E-state index contributed by atoms with van der Waals surface area (Å²) in [6, 6.07) is 6.47. The number of sulfonamides is 1. The van der Waals surface area contributed by atoms with Crippen LogP contribution in [0, 0.1) is 11.8 Å². The van der Waals surface area contributed by atoms with Crippen molar-refractivity contribution < 1.29 is 13.5 Å². The lowest BCUT2D eigenvalue weighted by molar-refractivity contribution is 0.350. The number of benzene rings is 1. The highest BCUT2D eigenvalue weighted by atomic mass is 32.2. The average molecular weight is 282 g/mol. The number of rotatable bonds is 5. The van der Waals surface area contributed by atoms with E-state index in [-0.39, 0.29) is 11.5 Å². The topological polar surface area (TPSA) is 69.6 Å². The van der Waals surface area contributed by atoms with Crippen LogP contribution in [-0.2, 0) is 10.0 Å². The van der Waals surface area contributed by atoms with Crippen LogP contribution in [-0.4, -0.2) is 52.2 Å². The van der Waals surface area contributed by atoms with Crippen LogP contribution < -0.4 is 4.72 Å². The summed E-state index contributed by atoms with van der Waals surface area (Å²) in [7, 11) is 0.162. The summed E-state index contributed by atoms with van der Waals surface area (Å²) >= 11 is 0. The summed E-state index contributed by atoms with van der Waals surface area (Å²) in [6.07, 6.45) is 0. The van der Waals surface area contributed by atoms with E-state index in [1.165, 1.54) is 6.07 Å². The Bertz CT molecular complexity index is 571. The predicted molar refractivity (Wildman–Crippen MR) is 74.1 cm³/mol. The fourth-order valence-corrected chi connectivity index (χ4v) is 2.60. The Labute approximate surface area is 114 Å². The monoisotopic (exact) mass is 282 g/mol. The first-order chi connectivity index (χ1) is 8.97. The van der Waals surface area contributed by atoms with Crippen molar-refractivity contribution in [3.63, 3.8) is 0 Å². The van der Waals surface area contributed by atoms with Crippen molar-refractivity contribution >= 4 is 10.0 Å². The SMILES string of the molecule is CN(C)CCNS(=O)(=O)c1ccccc1C#CCO. The average Bonchev–Trinajstić information content (AvgIpc) is 2.36. The first-order valence-corrected chi connectivity index (χ1v) is 7.29. The van der Waals surface area contributed by atoms with Gasteiger partial charge in [0.25, 0.3) is 0 Å². The molecule has 0 fully saturated rings. The summed E-state index contributed by atoms with van der Waals surface area (Å²) < 4.78 is 26.8. The molecule has 104 valence electrons. The van der Waals surface area contributed by atoms with Crippen LogP contribution in [0.25, 0.3) is 0 Å². The van der Waals surface area contributed by atoms with Gasteiger partial charge in [-0.15, -0.1) is 0 Å². The van der Waals surface area contributed by atoms with E-state index in [1.54, 1.807) is 18.2 Å². The first-order valence-electron chi connectivity index (χ1n) is 5.80. The van der Waals surface area contributed by atoms with Crippen molar-refractivity contribution in [3.8, 4) is 11.8 Å². The summed E-state index contributed by atoms with van der Waals surface area (Å²) in [5, 5.41) is 8.68. The van der Waals surface area contributed by atoms with Crippen LogP contribution in [0.15, 0.2) is 29.2 Å². The van der Waals surface area contributed by atoms with E-state index in [1.807, 2.05) is 19.0 Å². The van der Waals surface area contributed by atoms with Gasteiger partial charge in [-0.1, -0.05) is 24.0 Å². The molecule has 1 rings (SSSR count). The zero-order chi connectivity index (χ0) is 14.3. The van der Waals surface area contributed by atoms with E-state index in [0.29, 0.717) is 18.7 Å². The maximum atomic E-state index is 12.1. The number of likely N-dealkylation sites (N-methyl/N-ethyl adjacent to an activating group) is 1. The van der Waals surface area contributed by atoms with Gasteiger partial charge in [0.05, 0.1) is 4.90 Å². The van der Waals surface area contributed by atoms with Crippen LogP contribution in [0.3, 0.4) is 0 Å². The second-order valence-corrected chi connectivity index (χ2v) is 5.89. The molecule has 6 heteroatoms. The molecule has 0 unspecified atom stereocenters. The first kappa shape index (κ1) is 15.7. The maximum Gasteiger partial charge on any atom is 0.241 e. The standard InChI is InChI=1S/C13H18N2O3S/c1-15(2)10-9-14-19(17,18)13-8-4-3-6-12(13)7-5-11-16/h3-4,6,8,14,16H,9-11H2,1-2H3. The van der Waals surface area contributed by atoms with Crippen LogP contribution in [0.1, 0.15) is 5.56 Å². The van der Waals surface area contributed by atoms with E-state index < -0.39 is 10.0 Å². The third-order valence-corrected chi connectivity index (χ3v) is 3.85. The van der Waals surface area contributed by atoms with Gasteiger partial charge >= 0.3 is 0 Å². The zero-order valence-electron chi connectivity index (χ0n) is 11.0. The molecule has 0 spiro atoms. The Morgan fingerprint density at radius 1 is 1.32 bits per heavy atom. The Hall–Kier alpha value is -1.39. The second kappa shape index (κ2) is 7.26. The van der Waals surface area contributed by atoms with E-state index in [9.17, 15) is 8.42 Å². The molecule has 0 aliphatic carbocycles. The van der Waals surface area contributed by atoms with E-state index in [4.69, 9.17) is 5.11 Å². The quantitative estimate of drug-likeness (QED) is 0.738. The number of nitrogens with one attached hydrogen (secondary N) is 1. The number of hydrogen-bond acceptors (Lipinski definition) is 4. The van der Waals surface area contributed by atoms with E-state index in [2.05, 4.69) is 16.6 Å². The van der Waals surface area contributed by atoms with Gasteiger partial charge in [0.15, 0.2) is 0 Å². The zero-order valence-corrected chi connectivity index (χ0v) is 11.9. The Morgan fingerprint density at radius 2 is 2.00 bits per heavy atom. The fraction of sp³-hybridized carbons (Fsp3) is 0.385. The second-order valence-electron chi connectivity index (χ2n) is 4.16. The molecule has 5 nitrogen and oxygen atoms in total. The lowest BCUT2D eigenvalue weighted by atomic mass is 10.2. The highest BCUT2D eigenvalue weighted by molar-refractivity contribution is 7.89. The van der Waals surface area contributed by atoms with Crippen LogP contribution >= 0.6 is 0 Å². The minimum Gasteiger partial charge on any atom is -0.384 e. The summed E-state index contributed by atoms with van der Waals surface area (Å²) in [4.78, 5) is 2.02. The summed E-state index contributed by atoms with van der Waals surface area (Å²) in [5.74, 6) is 5.10. The number of aliphatic hydroxyl groups is 1. The highest BCUT2D eigenvalue weighted by Gasteiger charge is 2.16. The molecular weight excluding hydrogens is 264 g/mol. The molecule has 0 saturated heterocycles. The predicted octanol–water partition coefficient (Wildman–Crippen LogP) is -0.130. The molecule has 1 aromatic carbocycles. The lowest BCUT2D eigenvalue weighted by Crippen LogP contribution is -2.31. The number of nitrogens with zero attached hydrogens (tertiary/aromatic N) is 1. The number of aliphatic hydroxyl groups excluding tert-OH is 1. The molecule has 19 heavy (non-hydrogen) atoms. The van der Waals surface area contributed by atoms with Crippen LogP contribution in [0.2, 0.25) is 0 Å². The smallest absolute Gasteiger partial charge is 0.241 e. The Kier molecular flexibility index (Phi) is 5.99. The maximum absolute atomic E-state index is 12.1. The normalized spacial score (nSPS) is 11.2. The summed E-state index contributed by atoms with van der Waals surface area (Å²) in [6.45, 7) is 0.642. The molecule has 0 atom stereocenters. The molecule has 0 saturated carbocycles. The van der Waals surface area contributed by atoms with Crippen molar-refractivity contribution in [2.45, 2.75) is 4.90 Å². The molecule has 0 radical (unpaired) electrons. The molecular formula is C13H18N2O3S. The van der Waals surface area contributed by atoms with Crippen molar-refractivity contribution in [3.05, 3.63) is 29.8 Å². The molecule has 0 amide bonds. The van der Waals surface area contributed by atoms with Gasteiger partial charge in [0, 0.05) is 18.7 Å². The molecule has 0 heterocycles. The van der Waals surface area contributed by atoms with Crippen molar-refractivity contribution in [1.29, 1.82) is 0 Å². The van der Waals surface area contributed by atoms with Gasteiger partial charge in [-0.2, -0.15) is 0 Å². The Balaban J connectivity index is 2.94. The van der Waals surface area contributed by atoms with Gasteiger partial charge in [-0.3, -0.25) is 0 Å². The minimum atomic E-state index is -3.58. The van der Waals surface area contributed by atoms with Gasteiger partial charge in [-0.05, 0) is 26.2 Å². The summed E-state index contributed by atoms with van der Waals surface area (Å²) in [5.41, 5.74) is 0.383. The lowest BCUT2D eigenvalue weighted by Gasteiger charge is -2.11. The highest BCUT2D eigenvalue weighted by Crippen LogP contribution is 2.13. The largest absolute Gasteiger partial charge is 0.384 e. The third-order valence-electron chi connectivity index (χ3n) is 2.33. The minimum absolute atomic E-state index is 0.134. The van der Waals surface area contributed by atoms with Gasteiger partial charge in [-0.25, -0.2) is 13.1 Å². The molecule has 1 aromatic rings. The van der Waals surface area contributed by atoms with Crippen molar-refractivity contribution in [1.82, 2.24) is 9.62 Å². The third kappa shape index (κ3) is 5.01. The van der Waals surface area contributed by atoms with Gasteiger partial charge in [0.1, 0.15) is 6.61 Å². The van der Waals surface area contributed by atoms with E-state index >= 15 is 0 Å². The van der Waals surface area contributed by atoms with Crippen molar-refractivity contribution in [2.24, 2.45) is 0 Å². The van der Waals surface area contributed by atoms with Crippen molar-refractivity contribution in [2.75, 3.05) is 33.8 Å². The molecule has 0 aromatic heterocycles.